The Morgan fingerprint density at radius 3 is 2.58 bits per heavy atom. The van der Waals surface area contributed by atoms with Crippen molar-refractivity contribution in [2.24, 2.45) is 5.73 Å². The van der Waals surface area contributed by atoms with Crippen molar-refractivity contribution in [2.75, 3.05) is 36.4 Å². The van der Waals surface area contributed by atoms with Gasteiger partial charge in [0.1, 0.15) is 5.65 Å². The Morgan fingerprint density at radius 2 is 1.90 bits per heavy atom. The van der Waals surface area contributed by atoms with Gasteiger partial charge in [0, 0.05) is 50.5 Å². The molecule has 1 aromatic carbocycles. The van der Waals surface area contributed by atoms with Gasteiger partial charge in [-0.2, -0.15) is 0 Å². The number of H-pyrrole nitrogens is 1. The van der Waals surface area contributed by atoms with Gasteiger partial charge < -0.3 is 25.8 Å². The average Bonchev–Trinajstić information content (AvgIpc) is 3.17. The molecule has 0 unspecified atom stereocenters. The minimum atomic E-state index is -0.587. The highest BCUT2D eigenvalue weighted by Gasteiger charge is 2.27. The van der Waals surface area contributed by atoms with Gasteiger partial charge in [0.25, 0.3) is 0 Å². The van der Waals surface area contributed by atoms with Gasteiger partial charge >= 0.3 is 0 Å². The summed E-state index contributed by atoms with van der Waals surface area (Å²) in [6.45, 7) is 3.98. The summed E-state index contributed by atoms with van der Waals surface area (Å²) in [5.74, 6) is -0.184. The van der Waals surface area contributed by atoms with Crippen LogP contribution in [-0.2, 0) is 16.0 Å². The molecule has 1 atom stereocenters. The fraction of sp³-hybridized carbons (Fsp3) is 0.318. The lowest BCUT2D eigenvalue weighted by Crippen LogP contribution is -2.53. The SMILES string of the molecule is CC(=O)Nc1c[nH]c2nccc(N3CCN(C(=O)[C@H](N)Cc4ccc(Cl)cc4)CC3)c12. The molecule has 1 aliphatic rings. The number of pyridine rings is 1. The lowest BCUT2D eigenvalue weighted by atomic mass is 10.1. The van der Waals surface area contributed by atoms with Crippen LogP contribution in [0.25, 0.3) is 11.0 Å². The molecule has 0 saturated carbocycles. The molecule has 8 nitrogen and oxygen atoms in total. The van der Waals surface area contributed by atoms with Crippen molar-refractivity contribution >= 4 is 45.8 Å². The van der Waals surface area contributed by atoms with Crippen LogP contribution in [0.15, 0.2) is 42.7 Å². The van der Waals surface area contributed by atoms with Crippen LogP contribution in [0, 0.1) is 0 Å². The van der Waals surface area contributed by atoms with Crippen molar-refractivity contribution in [2.45, 2.75) is 19.4 Å². The van der Waals surface area contributed by atoms with Crippen molar-refractivity contribution in [3.63, 3.8) is 0 Å². The normalized spacial score (nSPS) is 15.2. The maximum absolute atomic E-state index is 12.9. The van der Waals surface area contributed by atoms with Crippen LogP contribution in [-0.4, -0.2) is 58.9 Å². The summed E-state index contributed by atoms with van der Waals surface area (Å²) in [5.41, 5.74) is 9.58. The summed E-state index contributed by atoms with van der Waals surface area (Å²) in [6, 6.07) is 8.75. The number of benzene rings is 1. The number of carbonyl (C=O) groups excluding carboxylic acids is 2. The number of halogens is 1. The van der Waals surface area contributed by atoms with E-state index in [1.165, 1.54) is 6.92 Å². The van der Waals surface area contributed by atoms with Crippen LogP contribution in [0.5, 0.6) is 0 Å². The summed E-state index contributed by atoms with van der Waals surface area (Å²) < 4.78 is 0. The van der Waals surface area contributed by atoms with Gasteiger partial charge in [0.2, 0.25) is 11.8 Å². The first-order valence-corrected chi connectivity index (χ1v) is 10.6. The molecular weight excluding hydrogens is 416 g/mol. The quantitative estimate of drug-likeness (QED) is 0.564. The number of hydrogen-bond acceptors (Lipinski definition) is 5. The maximum Gasteiger partial charge on any atom is 0.239 e. The minimum absolute atomic E-state index is 0.0462. The Kier molecular flexibility index (Phi) is 6.11. The Bertz CT molecular complexity index is 1090. The first-order valence-electron chi connectivity index (χ1n) is 10.2. The summed E-state index contributed by atoms with van der Waals surface area (Å²) in [6.07, 6.45) is 3.97. The van der Waals surface area contributed by atoms with E-state index in [2.05, 4.69) is 20.2 Å². The first-order chi connectivity index (χ1) is 14.9. The number of fused-ring (bicyclic) bond motifs is 1. The van der Waals surface area contributed by atoms with E-state index in [4.69, 9.17) is 17.3 Å². The minimum Gasteiger partial charge on any atom is -0.367 e. The van der Waals surface area contributed by atoms with E-state index in [1.807, 2.05) is 23.1 Å². The molecule has 3 heterocycles. The van der Waals surface area contributed by atoms with Crippen molar-refractivity contribution in [3.8, 4) is 0 Å². The number of nitrogens with one attached hydrogen (secondary N) is 2. The number of rotatable bonds is 5. The smallest absolute Gasteiger partial charge is 0.239 e. The van der Waals surface area contributed by atoms with Crippen LogP contribution in [0.1, 0.15) is 12.5 Å². The molecule has 9 heteroatoms. The van der Waals surface area contributed by atoms with Crippen molar-refractivity contribution in [1.82, 2.24) is 14.9 Å². The van der Waals surface area contributed by atoms with Gasteiger partial charge in [-0.3, -0.25) is 9.59 Å². The van der Waals surface area contributed by atoms with Gasteiger partial charge in [-0.25, -0.2) is 4.98 Å². The third-order valence-electron chi connectivity index (χ3n) is 5.48. The van der Waals surface area contributed by atoms with Crippen molar-refractivity contribution < 1.29 is 9.59 Å². The van der Waals surface area contributed by atoms with Crippen molar-refractivity contribution in [1.29, 1.82) is 0 Å². The van der Waals surface area contributed by atoms with Crippen LogP contribution in [0.4, 0.5) is 11.4 Å². The average molecular weight is 441 g/mol. The Hall–Kier alpha value is -3.10. The Morgan fingerprint density at radius 1 is 1.19 bits per heavy atom. The second kappa shape index (κ2) is 8.95. The monoisotopic (exact) mass is 440 g/mol. The van der Waals surface area contributed by atoms with Gasteiger partial charge in [-0.05, 0) is 30.2 Å². The molecule has 1 aliphatic heterocycles. The maximum atomic E-state index is 12.9. The number of aromatic nitrogens is 2. The molecule has 0 bridgehead atoms. The molecule has 2 aromatic heterocycles. The third-order valence-corrected chi connectivity index (χ3v) is 5.73. The molecule has 2 amide bonds. The molecule has 31 heavy (non-hydrogen) atoms. The molecule has 0 radical (unpaired) electrons. The predicted molar refractivity (Wildman–Crippen MR) is 122 cm³/mol. The number of piperazine rings is 1. The molecule has 162 valence electrons. The summed E-state index contributed by atoms with van der Waals surface area (Å²) >= 11 is 5.92. The van der Waals surface area contributed by atoms with Crippen LogP contribution < -0.4 is 16.0 Å². The second-order valence-electron chi connectivity index (χ2n) is 7.69. The van der Waals surface area contributed by atoms with Crippen LogP contribution in [0.2, 0.25) is 5.02 Å². The zero-order valence-electron chi connectivity index (χ0n) is 17.3. The topological polar surface area (TPSA) is 107 Å². The second-order valence-corrected chi connectivity index (χ2v) is 8.12. The highest BCUT2D eigenvalue weighted by atomic mass is 35.5. The molecule has 0 aliphatic carbocycles. The van der Waals surface area contributed by atoms with Crippen molar-refractivity contribution in [3.05, 3.63) is 53.3 Å². The highest BCUT2D eigenvalue weighted by Crippen LogP contribution is 2.32. The number of nitrogens with zero attached hydrogens (tertiary/aromatic N) is 3. The highest BCUT2D eigenvalue weighted by molar-refractivity contribution is 6.30. The van der Waals surface area contributed by atoms with Gasteiger partial charge in [-0.1, -0.05) is 23.7 Å². The molecule has 3 aromatic rings. The first kappa shape index (κ1) is 21.1. The predicted octanol–water partition coefficient (Wildman–Crippen LogP) is 2.39. The van der Waals surface area contributed by atoms with E-state index >= 15 is 0 Å². The Balaban J connectivity index is 1.42. The van der Waals surface area contributed by atoms with E-state index < -0.39 is 6.04 Å². The van der Waals surface area contributed by atoms with Crippen LogP contribution in [0.3, 0.4) is 0 Å². The molecule has 4 N–H and O–H groups in total. The number of amides is 2. The number of anilines is 2. The zero-order chi connectivity index (χ0) is 22.0. The molecule has 4 rings (SSSR count). The number of aromatic amines is 1. The standard InChI is InChI=1S/C22H25ClN6O2/c1-14(30)27-18-13-26-21-20(18)19(6-7-25-21)28-8-10-29(11-9-28)22(31)17(24)12-15-2-4-16(23)5-3-15/h2-7,13,17H,8-12,24H2,1H3,(H,25,26)(H,27,30)/t17-/m1/s1. The number of nitrogens with two attached hydrogens (primary N) is 1. The zero-order valence-corrected chi connectivity index (χ0v) is 18.0. The van der Waals surface area contributed by atoms with E-state index in [-0.39, 0.29) is 11.8 Å². The lowest BCUT2D eigenvalue weighted by Gasteiger charge is -2.37. The molecule has 1 fully saturated rings. The number of hydrogen-bond donors (Lipinski definition) is 3. The van der Waals surface area contributed by atoms with E-state index in [0.717, 1.165) is 16.6 Å². The fourth-order valence-electron chi connectivity index (χ4n) is 3.96. The van der Waals surface area contributed by atoms with Gasteiger partial charge in [0.05, 0.1) is 22.8 Å². The fourth-order valence-corrected chi connectivity index (χ4v) is 4.08. The summed E-state index contributed by atoms with van der Waals surface area (Å²) in [4.78, 5) is 35.9. The lowest BCUT2D eigenvalue weighted by molar-refractivity contribution is -0.132. The largest absolute Gasteiger partial charge is 0.367 e. The number of carbonyl (C=O) groups is 2. The van der Waals surface area contributed by atoms with Gasteiger partial charge in [-0.15, -0.1) is 0 Å². The molecular formula is C22H25ClN6O2. The van der Waals surface area contributed by atoms with E-state index in [0.29, 0.717) is 49.0 Å². The van der Waals surface area contributed by atoms with Crippen LogP contribution >= 0.6 is 11.6 Å². The molecule has 0 spiro atoms. The van der Waals surface area contributed by atoms with E-state index in [9.17, 15) is 9.59 Å². The molecule has 1 saturated heterocycles. The van der Waals surface area contributed by atoms with Gasteiger partial charge in [0.15, 0.2) is 0 Å². The summed E-state index contributed by atoms with van der Waals surface area (Å²) in [5, 5.41) is 4.38. The Labute approximate surface area is 185 Å². The summed E-state index contributed by atoms with van der Waals surface area (Å²) in [7, 11) is 0. The van der Waals surface area contributed by atoms with E-state index in [1.54, 1.807) is 24.5 Å². The third kappa shape index (κ3) is 4.65.